The molecule has 0 radical (unpaired) electrons. The Labute approximate surface area is 181 Å². The summed E-state index contributed by atoms with van der Waals surface area (Å²) in [6.07, 6.45) is 4.11. The fourth-order valence-corrected chi connectivity index (χ4v) is 5.19. The van der Waals surface area contributed by atoms with Crippen LogP contribution in [0.5, 0.6) is 0 Å². The maximum atomic E-state index is 12.9. The highest BCUT2D eigenvalue weighted by Crippen LogP contribution is 2.46. The molecule has 0 N–H and O–H groups in total. The van der Waals surface area contributed by atoms with Gasteiger partial charge in [-0.2, -0.15) is 0 Å². The summed E-state index contributed by atoms with van der Waals surface area (Å²) in [6.45, 7) is 2.97. The topological polar surface area (TPSA) is 70.2 Å². The molecule has 1 spiro atoms. The fourth-order valence-electron chi connectivity index (χ4n) is 5.06. The zero-order valence-electron chi connectivity index (χ0n) is 17.3. The van der Waals surface area contributed by atoms with Gasteiger partial charge in [0.25, 0.3) is 0 Å². The maximum absolute atomic E-state index is 12.9. The third kappa shape index (κ3) is 3.98. The van der Waals surface area contributed by atoms with E-state index >= 15 is 0 Å². The molecular weight excluding hydrogens is 406 g/mol. The van der Waals surface area contributed by atoms with Crippen molar-refractivity contribution in [2.24, 2.45) is 5.41 Å². The second-order valence-corrected chi connectivity index (χ2v) is 9.00. The van der Waals surface area contributed by atoms with Gasteiger partial charge in [-0.25, -0.2) is 4.79 Å². The van der Waals surface area contributed by atoms with Crippen molar-refractivity contribution in [1.82, 2.24) is 14.7 Å². The molecule has 0 bridgehead atoms. The summed E-state index contributed by atoms with van der Waals surface area (Å²) in [4.78, 5) is 43.6. The van der Waals surface area contributed by atoms with Gasteiger partial charge in [0, 0.05) is 37.6 Å². The number of piperazine rings is 1. The Bertz CT molecular complexity index is 814. The lowest BCUT2D eigenvalue weighted by molar-refractivity contribution is -0.148. The van der Waals surface area contributed by atoms with Gasteiger partial charge in [0.1, 0.15) is 6.04 Å². The lowest BCUT2D eigenvalue weighted by atomic mass is 9.85. The third-order valence-electron chi connectivity index (χ3n) is 6.77. The number of benzene rings is 1. The summed E-state index contributed by atoms with van der Waals surface area (Å²) < 4.78 is 5.04. The lowest BCUT2D eigenvalue weighted by Gasteiger charge is -2.39. The molecule has 3 fully saturated rings. The van der Waals surface area contributed by atoms with Crippen LogP contribution in [0.4, 0.5) is 0 Å². The van der Waals surface area contributed by atoms with Gasteiger partial charge >= 0.3 is 5.97 Å². The molecule has 2 saturated heterocycles. The van der Waals surface area contributed by atoms with Crippen LogP contribution in [0.1, 0.15) is 43.7 Å². The summed E-state index contributed by atoms with van der Waals surface area (Å²) in [5.74, 6) is -0.335. The lowest BCUT2D eigenvalue weighted by Crippen LogP contribution is -2.53. The molecule has 162 valence electrons. The summed E-state index contributed by atoms with van der Waals surface area (Å²) in [6, 6.07) is 6.74. The number of nitrogens with zero attached hydrogens (tertiary/aromatic N) is 3. The second-order valence-electron chi connectivity index (χ2n) is 8.56. The van der Waals surface area contributed by atoms with E-state index in [9.17, 15) is 14.4 Å². The van der Waals surface area contributed by atoms with Crippen molar-refractivity contribution in [3.63, 3.8) is 0 Å². The van der Waals surface area contributed by atoms with Crippen molar-refractivity contribution in [3.05, 3.63) is 34.9 Å². The van der Waals surface area contributed by atoms with E-state index in [0.29, 0.717) is 44.3 Å². The second kappa shape index (κ2) is 8.65. The van der Waals surface area contributed by atoms with Gasteiger partial charge in [0.15, 0.2) is 0 Å². The van der Waals surface area contributed by atoms with E-state index in [-0.39, 0.29) is 17.8 Å². The number of rotatable bonds is 5. The van der Waals surface area contributed by atoms with E-state index in [1.54, 1.807) is 12.1 Å². The number of ether oxygens (including phenoxy) is 1. The normalized spacial score (nSPS) is 23.3. The van der Waals surface area contributed by atoms with Crippen LogP contribution in [0, 0.1) is 5.41 Å². The highest BCUT2D eigenvalue weighted by atomic mass is 35.5. The minimum absolute atomic E-state index is 0.0148. The SMILES string of the molecule is COC(=O)C(c1ccc(Cl)cc1)N1CCN(CN2C(=O)CC3(CCCC3)C2=O)CC1. The number of likely N-dealkylation sites (tertiary alicyclic amines) is 1. The zero-order valence-corrected chi connectivity index (χ0v) is 18.1. The molecule has 2 heterocycles. The van der Waals surface area contributed by atoms with E-state index in [1.165, 1.54) is 12.0 Å². The standard InChI is InChI=1S/C22H28ClN3O4/c1-30-20(28)19(16-4-6-17(23)7-5-16)25-12-10-24(11-13-25)15-26-18(27)14-22(21(26)29)8-2-3-9-22/h4-7,19H,2-3,8-15H2,1H3. The molecule has 0 aromatic heterocycles. The molecular formula is C22H28ClN3O4. The number of halogens is 1. The monoisotopic (exact) mass is 433 g/mol. The van der Waals surface area contributed by atoms with Crippen LogP contribution in [0.3, 0.4) is 0 Å². The zero-order chi connectivity index (χ0) is 21.3. The van der Waals surface area contributed by atoms with Gasteiger partial charge in [-0.1, -0.05) is 36.6 Å². The first-order valence-electron chi connectivity index (χ1n) is 10.6. The Morgan fingerprint density at radius 2 is 1.73 bits per heavy atom. The number of methoxy groups -OCH3 is 1. The number of hydrogen-bond acceptors (Lipinski definition) is 6. The van der Waals surface area contributed by atoms with Crippen molar-refractivity contribution in [2.75, 3.05) is 40.0 Å². The number of hydrogen-bond donors (Lipinski definition) is 0. The molecule has 7 nitrogen and oxygen atoms in total. The van der Waals surface area contributed by atoms with Crippen LogP contribution < -0.4 is 0 Å². The molecule has 1 saturated carbocycles. The molecule has 4 rings (SSSR count). The smallest absolute Gasteiger partial charge is 0.327 e. The molecule has 2 amide bonds. The van der Waals surface area contributed by atoms with Gasteiger partial charge in [-0.05, 0) is 30.5 Å². The van der Waals surface area contributed by atoms with Crippen molar-refractivity contribution < 1.29 is 19.1 Å². The predicted octanol–water partition coefficient (Wildman–Crippen LogP) is 2.45. The predicted molar refractivity (Wildman–Crippen MR) is 112 cm³/mol. The maximum Gasteiger partial charge on any atom is 0.327 e. The Morgan fingerprint density at radius 1 is 1.10 bits per heavy atom. The summed E-state index contributed by atoms with van der Waals surface area (Å²) in [5, 5.41) is 0.618. The average molecular weight is 434 g/mol. The number of carbonyl (C=O) groups is 3. The first-order valence-corrected chi connectivity index (χ1v) is 11.0. The Hall–Kier alpha value is -1.96. The fraction of sp³-hybridized carbons (Fsp3) is 0.591. The first kappa shape index (κ1) is 21.3. The highest BCUT2D eigenvalue weighted by molar-refractivity contribution is 6.30. The highest BCUT2D eigenvalue weighted by Gasteiger charge is 2.52. The van der Waals surface area contributed by atoms with Crippen LogP contribution in [-0.4, -0.2) is 72.4 Å². The van der Waals surface area contributed by atoms with Crippen molar-refractivity contribution in [3.8, 4) is 0 Å². The summed E-state index contributed by atoms with van der Waals surface area (Å²) in [7, 11) is 1.39. The van der Waals surface area contributed by atoms with E-state index in [0.717, 1.165) is 31.2 Å². The van der Waals surface area contributed by atoms with E-state index < -0.39 is 11.5 Å². The molecule has 1 aliphatic carbocycles. The Balaban J connectivity index is 1.39. The van der Waals surface area contributed by atoms with Gasteiger partial charge < -0.3 is 4.74 Å². The van der Waals surface area contributed by atoms with E-state index in [1.807, 2.05) is 12.1 Å². The molecule has 1 unspecified atom stereocenters. The molecule has 1 aromatic carbocycles. The number of amides is 2. The Morgan fingerprint density at radius 3 is 2.33 bits per heavy atom. The largest absolute Gasteiger partial charge is 0.468 e. The summed E-state index contributed by atoms with van der Waals surface area (Å²) in [5.41, 5.74) is 0.413. The van der Waals surface area contributed by atoms with E-state index in [2.05, 4.69) is 9.80 Å². The minimum atomic E-state index is -0.494. The Kier molecular flexibility index (Phi) is 6.14. The third-order valence-corrected chi connectivity index (χ3v) is 7.03. The molecule has 1 atom stereocenters. The van der Waals surface area contributed by atoms with Crippen molar-refractivity contribution in [2.45, 2.75) is 38.1 Å². The van der Waals surface area contributed by atoms with Crippen LogP contribution in [0.15, 0.2) is 24.3 Å². The number of esters is 1. The molecule has 1 aromatic rings. The summed E-state index contributed by atoms with van der Waals surface area (Å²) >= 11 is 5.99. The van der Waals surface area contributed by atoms with Gasteiger partial charge in [0.05, 0.1) is 19.2 Å². The average Bonchev–Trinajstić information content (AvgIpc) is 3.31. The number of imide groups is 1. The van der Waals surface area contributed by atoms with Gasteiger partial charge in [0.2, 0.25) is 11.8 Å². The van der Waals surface area contributed by atoms with Crippen molar-refractivity contribution >= 4 is 29.4 Å². The molecule has 2 aliphatic heterocycles. The van der Waals surface area contributed by atoms with Crippen LogP contribution in [0.25, 0.3) is 0 Å². The van der Waals surface area contributed by atoms with Crippen LogP contribution >= 0.6 is 11.6 Å². The molecule has 3 aliphatic rings. The molecule has 30 heavy (non-hydrogen) atoms. The first-order chi connectivity index (χ1) is 14.4. The minimum Gasteiger partial charge on any atom is -0.468 e. The van der Waals surface area contributed by atoms with Gasteiger partial charge in [-0.3, -0.25) is 24.3 Å². The van der Waals surface area contributed by atoms with Crippen LogP contribution in [-0.2, 0) is 19.1 Å². The van der Waals surface area contributed by atoms with Crippen LogP contribution in [0.2, 0.25) is 5.02 Å². The van der Waals surface area contributed by atoms with Gasteiger partial charge in [-0.15, -0.1) is 0 Å². The van der Waals surface area contributed by atoms with Crippen molar-refractivity contribution in [1.29, 1.82) is 0 Å². The quantitative estimate of drug-likeness (QED) is 0.524. The van der Waals surface area contributed by atoms with E-state index in [4.69, 9.17) is 16.3 Å². The number of carbonyl (C=O) groups excluding carboxylic acids is 3. The molecule has 8 heteroatoms.